The lowest BCUT2D eigenvalue weighted by Crippen LogP contribution is -2.30. The number of hydrogen-bond acceptors (Lipinski definition) is 4. The van der Waals surface area contributed by atoms with Crippen LogP contribution in [0.3, 0.4) is 0 Å². The van der Waals surface area contributed by atoms with Crippen molar-refractivity contribution in [2.24, 2.45) is 5.73 Å². The lowest BCUT2D eigenvalue weighted by molar-refractivity contribution is -0.118. The zero-order chi connectivity index (χ0) is 15.7. The van der Waals surface area contributed by atoms with Gasteiger partial charge in [0.2, 0.25) is 11.8 Å². The zero-order valence-corrected chi connectivity index (χ0v) is 13.3. The van der Waals surface area contributed by atoms with Crippen molar-refractivity contribution in [3.05, 3.63) is 29.8 Å². The van der Waals surface area contributed by atoms with Crippen LogP contribution in [0.5, 0.6) is 0 Å². The van der Waals surface area contributed by atoms with Gasteiger partial charge in [0.15, 0.2) is 0 Å². The SMILES string of the molecule is Cc1ccc(NC(=O)CSCC(=O)NCCC(C)N)cc1. The molecule has 21 heavy (non-hydrogen) atoms. The van der Waals surface area contributed by atoms with Crippen molar-refractivity contribution < 1.29 is 9.59 Å². The van der Waals surface area contributed by atoms with Gasteiger partial charge in [-0.1, -0.05) is 17.7 Å². The highest BCUT2D eigenvalue weighted by Crippen LogP contribution is 2.09. The predicted octanol–water partition coefficient (Wildman–Crippen LogP) is 1.52. The Morgan fingerprint density at radius 3 is 2.43 bits per heavy atom. The first kappa shape index (κ1) is 17.5. The number of anilines is 1. The van der Waals surface area contributed by atoms with Gasteiger partial charge in [-0.15, -0.1) is 11.8 Å². The minimum absolute atomic E-state index is 0.0659. The average Bonchev–Trinajstić information content (AvgIpc) is 2.41. The predicted molar refractivity (Wildman–Crippen MR) is 88.4 cm³/mol. The van der Waals surface area contributed by atoms with Crippen LogP contribution in [0.15, 0.2) is 24.3 Å². The van der Waals surface area contributed by atoms with Gasteiger partial charge in [-0.3, -0.25) is 9.59 Å². The van der Waals surface area contributed by atoms with Gasteiger partial charge in [-0.2, -0.15) is 0 Å². The number of benzene rings is 1. The molecule has 6 heteroatoms. The highest BCUT2D eigenvalue weighted by atomic mass is 32.2. The quantitative estimate of drug-likeness (QED) is 0.680. The molecule has 0 aliphatic rings. The number of carbonyl (C=O) groups is 2. The molecular formula is C15H23N3O2S. The highest BCUT2D eigenvalue weighted by molar-refractivity contribution is 8.00. The van der Waals surface area contributed by atoms with E-state index in [0.717, 1.165) is 17.7 Å². The Hall–Kier alpha value is -1.53. The molecule has 0 aliphatic carbocycles. The van der Waals surface area contributed by atoms with E-state index in [9.17, 15) is 9.59 Å². The van der Waals surface area contributed by atoms with Crippen LogP contribution in [0.4, 0.5) is 5.69 Å². The molecule has 1 aromatic carbocycles. The Kier molecular flexibility index (Phi) is 7.85. The Morgan fingerprint density at radius 2 is 1.81 bits per heavy atom. The molecule has 5 nitrogen and oxygen atoms in total. The molecular weight excluding hydrogens is 286 g/mol. The third-order valence-electron chi connectivity index (χ3n) is 2.72. The average molecular weight is 309 g/mol. The minimum Gasteiger partial charge on any atom is -0.355 e. The summed E-state index contributed by atoms with van der Waals surface area (Å²) in [4.78, 5) is 23.2. The van der Waals surface area contributed by atoms with Crippen LogP contribution in [0, 0.1) is 6.92 Å². The van der Waals surface area contributed by atoms with E-state index in [1.807, 2.05) is 38.1 Å². The van der Waals surface area contributed by atoms with Gasteiger partial charge >= 0.3 is 0 Å². The summed E-state index contributed by atoms with van der Waals surface area (Å²) < 4.78 is 0. The van der Waals surface area contributed by atoms with E-state index < -0.39 is 0 Å². The number of aryl methyl sites for hydroxylation is 1. The van der Waals surface area contributed by atoms with Crippen molar-refractivity contribution in [1.82, 2.24) is 5.32 Å². The number of thioether (sulfide) groups is 1. The summed E-state index contributed by atoms with van der Waals surface area (Å²) >= 11 is 1.30. The maximum atomic E-state index is 11.7. The second-order valence-electron chi connectivity index (χ2n) is 5.02. The van der Waals surface area contributed by atoms with Crippen molar-refractivity contribution in [3.8, 4) is 0 Å². The van der Waals surface area contributed by atoms with Crippen LogP contribution in [0.1, 0.15) is 18.9 Å². The van der Waals surface area contributed by atoms with Crippen molar-refractivity contribution in [3.63, 3.8) is 0 Å². The maximum absolute atomic E-state index is 11.7. The summed E-state index contributed by atoms with van der Waals surface area (Å²) in [5.41, 5.74) is 7.51. The number of carbonyl (C=O) groups excluding carboxylic acids is 2. The first-order valence-electron chi connectivity index (χ1n) is 6.94. The Labute approximate surface area is 130 Å². The topological polar surface area (TPSA) is 84.2 Å². The molecule has 0 heterocycles. The van der Waals surface area contributed by atoms with Crippen molar-refractivity contribution >= 4 is 29.3 Å². The molecule has 0 saturated carbocycles. The van der Waals surface area contributed by atoms with E-state index in [0.29, 0.717) is 6.54 Å². The van der Waals surface area contributed by atoms with E-state index in [-0.39, 0.29) is 29.4 Å². The van der Waals surface area contributed by atoms with E-state index >= 15 is 0 Å². The number of amides is 2. The molecule has 116 valence electrons. The van der Waals surface area contributed by atoms with Crippen LogP contribution in [0.25, 0.3) is 0 Å². The Bertz CT molecular complexity index is 460. The molecule has 0 saturated heterocycles. The highest BCUT2D eigenvalue weighted by Gasteiger charge is 2.06. The lowest BCUT2D eigenvalue weighted by atomic mass is 10.2. The zero-order valence-electron chi connectivity index (χ0n) is 12.5. The lowest BCUT2D eigenvalue weighted by Gasteiger charge is -2.07. The fraction of sp³-hybridized carbons (Fsp3) is 0.467. The molecule has 1 rings (SSSR count). The normalized spacial score (nSPS) is 11.8. The molecule has 1 atom stereocenters. The van der Waals surface area contributed by atoms with Gasteiger partial charge in [0.25, 0.3) is 0 Å². The number of nitrogens with two attached hydrogens (primary N) is 1. The van der Waals surface area contributed by atoms with Gasteiger partial charge in [-0.25, -0.2) is 0 Å². The molecule has 0 radical (unpaired) electrons. The van der Waals surface area contributed by atoms with Crippen LogP contribution in [0.2, 0.25) is 0 Å². The second kappa shape index (κ2) is 9.41. The fourth-order valence-electron chi connectivity index (χ4n) is 1.56. The van der Waals surface area contributed by atoms with Crippen LogP contribution in [-0.4, -0.2) is 35.9 Å². The first-order chi connectivity index (χ1) is 9.97. The van der Waals surface area contributed by atoms with E-state index in [2.05, 4.69) is 10.6 Å². The molecule has 0 bridgehead atoms. The van der Waals surface area contributed by atoms with Gasteiger partial charge < -0.3 is 16.4 Å². The molecule has 0 aliphatic heterocycles. The number of rotatable bonds is 8. The van der Waals surface area contributed by atoms with Gasteiger partial charge in [0.1, 0.15) is 0 Å². The van der Waals surface area contributed by atoms with Crippen molar-refractivity contribution in [2.75, 3.05) is 23.4 Å². The number of hydrogen-bond donors (Lipinski definition) is 3. The van der Waals surface area contributed by atoms with Crippen LogP contribution in [-0.2, 0) is 9.59 Å². The van der Waals surface area contributed by atoms with Crippen molar-refractivity contribution in [2.45, 2.75) is 26.3 Å². The number of nitrogens with one attached hydrogen (secondary N) is 2. The van der Waals surface area contributed by atoms with E-state index in [1.165, 1.54) is 11.8 Å². The fourth-order valence-corrected chi connectivity index (χ4v) is 2.21. The monoisotopic (exact) mass is 309 g/mol. The summed E-state index contributed by atoms with van der Waals surface area (Å²) in [6.45, 7) is 4.47. The van der Waals surface area contributed by atoms with Crippen molar-refractivity contribution in [1.29, 1.82) is 0 Å². The van der Waals surface area contributed by atoms with Gasteiger partial charge in [-0.05, 0) is 32.4 Å². The summed E-state index contributed by atoms with van der Waals surface area (Å²) in [5, 5.41) is 5.57. The Morgan fingerprint density at radius 1 is 1.19 bits per heavy atom. The summed E-state index contributed by atoms with van der Waals surface area (Å²) in [6.07, 6.45) is 0.754. The van der Waals surface area contributed by atoms with Crippen LogP contribution >= 0.6 is 11.8 Å². The molecule has 4 N–H and O–H groups in total. The minimum atomic E-state index is -0.104. The summed E-state index contributed by atoms with van der Waals surface area (Å²) in [5.74, 6) is 0.366. The second-order valence-corrected chi connectivity index (χ2v) is 6.01. The third kappa shape index (κ3) is 8.37. The smallest absolute Gasteiger partial charge is 0.234 e. The van der Waals surface area contributed by atoms with Gasteiger partial charge in [0.05, 0.1) is 11.5 Å². The molecule has 2 amide bonds. The van der Waals surface area contributed by atoms with Crippen LogP contribution < -0.4 is 16.4 Å². The molecule has 1 unspecified atom stereocenters. The maximum Gasteiger partial charge on any atom is 0.234 e. The molecule has 0 aromatic heterocycles. The summed E-state index contributed by atoms with van der Waals surface area (Å²) in [6, 6.07) is 7.68. The first-order valence-corrected chi connectivity index (χ1v) is 8.09. The molecule has 0 fully saturated rings. The molecule has 0 spiro atoms. The van der Waals surface area contributed by atoms with E-state index in [1.54, 1.807) is 0 Å². The largest absolute Gasteiger partial charge is 0.355 e. The Balaban J connectivity index is 2.15. The van der Waals surface area contributed by atoms with E-state index in [4.69, 9.17) is 5.73 Å². The van der Waals surface area contributed by atoms with Gasteiger partial charge in [0, 0.05) is 18.3 Å². The third-order valence-corrected chi connectivity index (χ3v) is 3.66. The standard InChI is InChI=1S/C15H23N3O2S/c1-11-3-5-13(6-4-11)18-15(20)10-21-9-14(19)17-8-7-12(2)16/h3-6,12H,7-10,16H2,1-2H3,(H,17,19)(H,18,20). The summed E-state index contributed by atoms with van der Waals surface area (Å²) in [7, 11) is 0. The molecule has 1 aromatic rings.